The number of carbonyl (C=O) groups is 1. The number of aliphatic carboxylic acids is 1. The molecule has 0 rings (SSSR count). The number of rotatable bonds is 3. The maximum Gasteiger partial charge on any atom is 1.00 e. The topological polar surface area (TPSA) is 40.1 Å². The average molecular weight is 122 g/mol. The van der Waals surface area contributed by atoms with E-state index in [0.717, 1.165) is 0 Å². The Kier molecular flexibility index (Phi) is 9.97. The van der Waals surface area contributed by atoms with Gasteiger partial charge in [-0.2, -0.15) is 0 Å². The maximum atomic E-state index is 9.60. The average Bonchev–Trinajstić information content (AvgIpc) is 1.61. The van der Waals surface area contributed by atoms with E-state index < -0.39 is 5.97 Å². The van der Waals surface area contributed by atoms with Crippen LogP contribution in [0.4, 0.5) is 0 Å². The number of hydrogen-bond donors (Lipinski definition) is 0. The van der Waals surface area contributed by atoms with E-state index in [4.69, 9.17) is 0 Å². The van der Waals surface area contributed by atoms with E-state index in [1.165, 1.54) is 0 Å². The summed E-state index contributed by atoms with van der Waals surface area (Å²) in [6.45, 7) is 3.34. The zero-order valence-corrected chi connectivity index (χ0v) is 7.02. The quantitative estimate of drug-likeness (QED) is 0.291. The normalized spacial score (nSPS) is 7.00. The van der Waals surface area contributed by atoms with Crippen molar-refractivity contribution >= 4 is 5.97 Å². The van der Waals surface area contributed by atoms with Gasteiger partial charge in [0.1, 0.15) is 0 Å². The van der Waals surface area contributed by atoms with Gasteiger partial charge in [-0.05, 0) is 12.8 Å². The van der Waals surface area contributed by atoms with Crippen molar-refractivity contribution in [2.24, 2.45) is 0 Å². The molecule has 0 spiro atoms. The Labute approximate surface area is 70.9 Å². The van der Waals surface area contributed by atoms with Gasteiger partial charge >= 0.3 is 29.6 Å². The van der Waals surface area contributed by atoms with Gasteiger partial charge < -0.3 is 9.90 Å². The first-order chi connectivity index (χ1) is 3.27. The van der Waals surface area contributed by atoms with Crippen LogP contribution in [0.25, 0.3) is 0 Å². The molecule has 0 aromatic rings. The molecule has 0 aliphatic rings. The van der Waals surface area contributed by atoms with E-state index in [0.29, 0.717) is 6.42 Å². The predicted molar refractivity (Wildman–Crippen MR) is 24.4 cm³/mol. The summed E-state index contributed by atoms with van der Waals surface area (Å²) in [6, 6.07) is 0. The van der Waals surface area contributed by atoms with Crippen molar-refractivity contribution in [3.05, 3.63) is 12.7 Å². The third-order valence-electron chi connectivity index (χ3n) is 0.553. The Morgan fingerprint density at radius 1 is 1.75 bits per heavy atom. The first-order valence-corrected chi connectivity index (χ1v) is 2.08. The van der Waals surface area contributed by atoms with Crippen molar-refractivity contribution in [1.82, 2.24) is 0 Å². The Morgan fingerprint density at radius 2 is 2.25 bits per heavy atom. The minimum absolute atomic E-state index is 0. The third kappa shape index (κ3) is 9.51. The maximum absolute atomic E-state index is 9.60. The molecule has 0 bridgehead atoms. The van der Waals surface area contributed by atoms with Crippen molar-refractivity contribution in [3.8, 4) is 0 Å². The second-order valence-electron chi connectivity index (χ2n) is 1.20. The van der Waals surface area contributed by atoms with Crippen LogP contribution in [0.15, 0.2) is 12.7 Å². The largest absolute Gasteiger partial charge is 1.00 e. The molecule has 0 amide bonds. The molecular formula is C5H7NaO2. The van der Waals surface area contributed by atoms with Gasteiger partial charge in [0.15, 0.2) is 0 Å². The fourth-order valence-corrected chi connectivity index (χ4v) is 0.220. The summed E-state index contributed by atoms with van der Waals surface area (Å²) in [5.41, 5.74) is 0. The van der Waals surface area contributed by atoms with E-state index in [-0.39, 0.29) is 36.0 Å². The summed E-state index contributed by atoms with van der Waals surface area (Å²) in [6.07, 6.45) is 2.14. The van der Waals surface area contributed by atoms with Crippen LogP contribution >= 0.6 is 0 Å². The zero-order chi connectivity index (χ0) is 5.70. The van der Waals surface area contributed by atoms with Crippen molar-refractivity contribution in [2.45, 2.75) is 12.8 Å². The molecule has 0 atom stereocenters. The summed E-state index contributed by atoms with van der Waals surface area (Å²) < 4.78 is 0. The molecule has 8 heavy (non-hydrogen) atoms. The summed E-state index contributed by atoms with van der Waals surface area (Å²) in [5, 5.41) is 9.60. The zero-order valence-electron chi connectivity index (χ0n) is 5.02. The van der Waals surface area contributed by atoms with E-state index in [1.54, 1.807) is 6.08 Å². The van der Waals surface area contributed by atoms with Gasteiger partial charge in [0.25, 0.3) is 0 Å². The first-order valence-electron chi connectivity index (χ1n) is 2.08. The van der Waals surface area contributed by atoms with E-state index in [1.807, 2.05) is 0 Å². The third-order valence-corrected chi connectivity index (χ3v) is 0.553. The van der Waals surface area contributed by atoms with Crippen LogP contribution < -0.4 is 34.7 Å². The fourth-order valence-electron chi connectivity index (χ4n) is 0.220. The van der Waals surface area contributed by atoms with Crippen LogP contribution in [0.2, 0.25) is 0 Å². The predicted octanol–water partition coefficient (Wildman–Crippen LogP) is -3.29. The molecule has 0 N–H and O–H groups in total. The van der Waals surface area contributed by atoms with Crippen LogP contribution in [-0.2, 0) is 4.79 Å². The molecule has 0 saturated carbocycles. The second-order valence-corrected chi connectivity index (χ2v) is 1.20. The number of carboxylic acids is 1. The summed E-state index contributed by atoms with van der Waals surface area (Å²) in [4.78, 5) is 9.60. The SMILES string of the molecule is C=CCCC(=O)[O-].[Na+]. The Bertz CT molecular complexity index is 80.5. The molecule has 0 saturated heterocycles. The van der Waals surface area contributed by atoms with Gasteiger partial charge in [0.05, 0.1) is 0 Å². The minimum atomic E-state index is -1.01. The van der Waals surface area contributed by atoms with Crippen LogP contribution in [0.5, 0.6) is 0 Å². The van der Waals surface area contributed by atoms with Gasteiger partial charge in [-0.3, -0.25) is 0 Å². The fraction of sp³-hybridized carbons (Fsp3) is 0.400. The van der Waals surface area contributed by atoms with Gasteiger partial charge in [0, 0.05) is 5.97 Å². The molecule has 3 heteroatoms. The number of carbonyl (C=O) groups excluding carboxylic acids is 1. The van der Waals surface area contributed by atoms with Crippen molar-refractivity contribution in [1.29, 1.82) is 0 Å². The molecule has 2 nitrogen and oxygen atoms in total. The molecule has 0 aromatic heterocycles. The summed E-state index contributed by atoms with van der Waals surface area (Å²) >= 11 is 0. The van der Waals surface area contributed by atoms with Crippen molar-refractivity contribution in [3.63, 3.8) is 0 Å². The van der Waals surface area contributed by atoms with E-state index >= 15 is 0 Å². The first kappa shape index (κ1) is 11.1. The van der Waals surface area contributed by atoms with E-state index in [2.05, 4.69) is 6.58 Å². The number of allylic oxidation sites excluding steroid dienone is 1. The Morgan fingerprint density at radius 3 is 2.38 bits per heavy atom. The van der Waals surface area contributed by atoms with E-state index in [9.17, 15) is 9.90 Å². The Balaban J connectivity index is 0. The van der Waals surface area contributed by atoms with Crippen molar-refractivity contribution < 1.29 is 39.5 Å². The molecule has 0 radical (unpaired) electrons. The standard InChI is InChI=1S/C5H8O2.Na/c1-2-3-4-5(6)7;/h2H,1,3-4H2,(H,6,7);/q;+1/p-1. The smallest absolute Gasteiger partial charge is 0.550 e. The number of carboxylic acid groups (broad SMARTS) is 1. The number of hydrogen-bond acceptors (Lipinski definition) is 2. The molecule has 40 valence electrons. The van der Waals surface area contributed by atoms with Crippen molar-refractivity contribution in [2.75, 3.05) is 0 Å². The molecule has 0 aliphatic carbocycles. The van der Waals surface area contributed by atoms with Gasteiger partial charge in [-0.15, -0.1) is 6.58 Å². The molecule has 0 heterocycles. The van der Waals surface area contributed by atoms with Gasteiger partial charge in [0.2, 0.25) is 0 Å². The van der Waals surface area contributed by atoms with Gasteiger partial charge in [-0.1, -0.05) is 6.08 Å². The van der Waals surface area contributed by atoms with Crippen LogP contribution in [0, 0.1) is 0 Å². The van der Waals surface area contributed by atoms with Crippen LogP contribution in [0.1, 0.15) is 12.8 Å². The van der Waals surface area contributed by atoms with Gasteiger partial charge in [-0.25, -0.2) is 0 Å². The molecule has 0 unspecified atom stereocenters. The summed E-state index contributed by atoms with van der Waals surface area (Å²) in [5.74, 6) is -1.01. The minimum Gasteiger partial charge on any atom is -0.550 e. The summed E-state index contributed by atoms with van der Waals surface area (Å²) in [7, 11) is 0. The second kappa shape index (κ2) is 7.21. The molecule has 0 aliphatic heterocycles. The molecule has 0 fully saturated rings. The molecule has 0 aromatic carbocycles. The monoisotopic (exact) mass is 122 g/mol. The van der Waals surface area contributed by atoms with Crippen LogP contribution in [0.3, 0.4) is 0 Å². The Hall–Kier alpha value is 0.210. The molecular weight excluding hydrogens is 115 g/mol. The van der Waals surface area contributed by atoms with Crippen LogP contribution in [-0.4, -0.2) is 5.97 Å².